The summed E-state index contributed by atoms with van der Waals surface area (Å²) < 4.78 is 14.5. The molecule has 3 nitrogen and oxygen atoms in total. The third-order valence-electron chi connectivity index (χ3n) is 6.20. The number of hydrogen-bond donors (Lipinski definition) is 1. The van der Waals surface area contributed by atoms with Crippen LogP contribution < -0.4 is 5.32 Å². The molecule has 0 bridgehead atoms. The summed E-state index contributed by atoms with van der Waals surface area (Å²) in [4.78, 5) is 18.4. The van der Waals surface area contributed by atoms with E-state index >= 15 is 0 Å². The molecule has 5 rings (SSSR count). The molecule has 0 unspecified atom stereocenters. The quantitative estimate of drug-likeness (QED) is 0.564. The number of carbonyl (C=O) groups excluding carboxylic acids is 1. The third kappa shape index (κ3) is 3.32. The molecule has 1 saturated carbocycles. The summed E-state index contributed by atoms with van der Waals surface area (Å²) >= 11 is 0. The van der Waals surface area contributed by atoms with Crippen LogP contribution in [0.1, 0.15) is 41.5 Å². The van der Waals surface area contributed by atoms with Crippen molar-refractivity contribution in [3.8, 4) is 0 Å². The number of halogens is 1. The van der Waals surface area contributed by atoms with Crippen LogP contribution >= 0.6 is 0 Å². The van der Waals surface area contributed by atoms with Crippen LogP contribution in [-0.2, 0) is 4.79 Å². The lowest BCUT2D eigenvalue weighted by Gasteiger charge is -2.34. The van der Waals surface area contributed by atoms with Gasteiger partial charge >= 0.3 is 0 Å². The van der Waals surface area contributed by atoms with Crippen molar-refractivity contribution in [2.75, 3.05) is 5.32 Å². The van der Waals surface area contributed by atoms with E-state index in [0.29, 0.717) is 18.4 Å². The number of Topliss-reactive ketones (excluding diaryl/α,β-unsaturated/α-hetero) is 1. The summed E-state index contributed by atoms with van der Waals surface area (Å²) in [6, 6.07) is 22.7. The van der Waals surface area contributed by atoms with Crippen molar-refractivity contribution in [2.45, 2.75) is 31.7 Å². The summed E-state index contributed by atoms with van der Waals surface area (Å²) in [5, 5.41) is 3.58. The van der Waals surface area contributed by atoms with Gasteiger partial charge in [-0.15, -0.1) is 0 Å². The first-order chi connectivity index (χ1) is 14.6. The molecule has 0 spiro atoms. The first-order valence-electron chi connectivity index (χ1n) is 10.4. The van der Waals surface area contributed by atoms with Gasteiger partial charge < -0.3 is 5.32 Å². The molecule has 1 N–H and O–H groups in total. The minimum absolute atomic E-state index is 0.110. The summed E-state index contributed by atoms with van der Waals surface area (Å²) in [5.41, 5.74) is 5.42. The van der Waals surface area contributed by atoms with Crippen LogP contribution in [0.15, 0.2) is 77.8 Å². The van der Waals surface area contributed by atoms with Gasteiger partial charge in [-0.2, -0.15) is 0 Å². The van der Waals surface area contributed by atoms with Gasteiger partial charge in [0.2, 0.25) is 0 Å². The van der Waals surface area contributed by atoms with Gasteiger partial charge in [0.05, 0.1) is 23.3 Å². The van der Waals surface area contributed by atoms with Crippen molar-refractivity contribution >= 4 is 22.9 Å². The molecule has 4 heteroatoms. The number of aryl methyl sites for hydroxylation is 1. The maximum Gasteiger partial charge on any atom is 0.144 e. The first-order valence-corrected chi connectivity index (χ1v) is 10.4. The highest BCUT2D eigenvalue weighted by Gasteiger charge is 2.42. The highest BCUT2D eigenvalue weighted by Crippen LogP contribution is 2.44. The fraction of sp³-hybridized carbons (Fsp3) is 0.231. The number of anilines is 1. The van der Waals surface area contributed by atoms with E-state index in [1.54, 1.807) is 12.1 Å². The fourth-order valence-corrected chi connectivity index (χ4v) is 4.68. The smallest absolute Gasteiger partial charge is 0.144 e. The lowest BCUT2D eigenvalue weighted by molar-refractivity contribution is -0.122. The van der Waals surface area contributed by atoms with Crippen molar-refractivity contribution in [1.29, 1.82) is 0 Å². The second-order valence-corrected chi connectivity index (χ2v) is 8.22. The Kier molecular flexibility index (Phi) is 4.70. The largest absolute Gasteiger partial charge is 0.375 e. The standard InChI is InChI=1S/C26H23FN2O/c1-16-10-12-17(13-11-16)26-25-23(28-21-8-4-5-9-22(21)29-26)14-18(15-24(25)30)19-6-2-3-7-20(19)27/h2-13,18,25-26,29H,14-15H2,1H3/t18-,25-,26+/m0/s1. The number of ketones is 1. The van der Waals surface area contributed by atoms with Crippen molar-refractivity contribution in [1.82, 2.24) is 0 Å². The molecule has 0 saturated heterocycles. The molecule has 1 heterocycles. The van der Waals surface area contributed by atoms with E-state index in [4.69, 9.17) is 4.99 Å². The van der Waals surface area contributed by atoms with E-state index < -0.39 is 0 Å². The fourth-order valence-electron chi connectivity index (χ4n) is 4.68. The number of fused-ring (bicyclic) bond motifs is 2. The number of rotatable bonds is 2. The Hall–Kier alpha value is -3.27. The zero-order valence-corrected chi connectivity index (χ0v) is 16.8. The number of hydrogen-bond acceptors (Lipinski definition) is 3. The van der Waals surface area contributed by atoms with Crippen molar-refractivity contribution < 1.29 is 9.18 Å². The van der Waals surface area contributed by atoms with Gasteiger partial charge in [-0.1, -0.05) is 60.2 Å². The van der Waals surface area contributed by atoms with Gasteiger partial charge in [0, 0.05) is 12.1 Å². The SMILES string of the molecule is Cc1ccc([C@H]2Nc3ccccc3N=C3C[C@H](c4ccccc4F)CC(=O)[C@H]32)cc1. The molecule has 30 heavy (non-hydrogen) atoms. The van der Waals surface area contributed by atoms with Crippen LogP contribution in [0.5, 0.6) is 0 Å². The van der Waals surface area contributed by atoms with Gasteiger partial charge in [0.25, 0.3) is 0 Å². The van der Waals surface area contributed by atoms with E-state index in [0.717, 1.165) is 22.6 Å². The average molecular weight is 398 g/mol. The van der Waals surface area contributed by atoms with Gasteiger partial charge in [0.1, 0.15) is 11.6 Å². The van der Waals surface area contributed by atoms with Gasteiger partial charge in [0.15, 0.2) is 0 Å². The number of aliphatic imine (C=N–C) groups is 1. The predicted molar refractivity (Wildman–Crippen MR) is 118 cm³/mol. The zero-order chi connectivity index (χ0) is 20.7. The van der Waals surface area contributed by atoms with Gasteiger partial charge in [-0.3, -0.25) is 9.79 Å². The Morgan fingerprint density at radius 3 is 2.47 bits per heavy atom. The zero-order valence-electron chi connectivity index (χ0n) is 16.8. The Balaban J connectivity index is 1.60. The van der Waals surface area contributed by atoms with E-state index in [1.165, 1.54) is 11.6 Å². The van der Waals surface area contributed by atoms with E-state index in [1.807, 2.05) is 30.3 Å². The van der Waals surface area contributed by atoms with E-state index in [2.05, 4.69) is 36.5 Å². The maximum absolute atomic E-state index is 14.5. The number of benzene rings is 3. The molecule has 3 atom stereocenters. The highest BCUT2D eigenvalue weighted by atomic mass is 19.1. The second-order valence-electron chi connectivity index (χ2n) is 8.22. The van der Waals surface area contributed by atoms with Gasteiger partial charge in [-0.05, 0) is 48.6 Å². The normalized spacial score (nSPS) is 22.9. The summed E-state index contributed by atoms with van der Waals surface area (Å²) in [6.45, 7) is 2.05. The minimum Gasteiger partial charge on any atom is -0.375 e. The van der Waals surface area contributed by atoms with Crippen molar-refractivity contribution in [3.63, 3.8) is 0 Å². The van der Waals surface area contributed by atoms with Gasteiger partial charge in [-0.25, -0.2) is 4.39 Å². The van der Waals surface area contributed by atoms with Crippen molar-refractivity contribution in [2.24, 2.45) is 10.9 Å². The Morgan fingerprint density at radius 2 is 1.67 bits per heavy atom. The highest BCUT2D eigenvalue weighted by molar-refractivity contribution is 6.10. The molecule has 3 aromatic carbocycles. The number of carbonyl (C=O) groups is 1. The predicted octanol–water partition coefficient (Wildman–Crippen LogP) is 6.14. The second kappa shape index (κ2) is 7.52. The van der Waals surface area contributed by atoms with Crippen LogP contribution in [-0.4, -0.2) is 11.5 Å². The number of para-hydroxylation sites is 2. The summed E-state index contributed by atoms with van der Waals surface area (Å²) in [5.74, 6) is -0.684. The average Bonchev–Trinajstić information content (AvgIpc) is 2.91. The Bertz CT molecular complexity index is 1140. The lowest BCUT2D eigenvalue weighted by atomic mass is 9.72. The monoisotopic (exact) mass is 398 g/mol. The Morgan fingerprint density at radius 1 is 0.933 bits per heavy atom. The minimum atomic E-state index is -0.358. The molecule has 0 radical (unpaired) electrons. The molecule has 150 valence electrons. The summed E-state index contributed by atoms with van der Waals surface area (Å²) in [7, 11) is 0. The molecular formula is C26H23FN2O. The van der Waals surface area contributed by atoms with E-state index in [-0.39, 0.29) is 29.5 Å². The molecule has 0 amide bonds. The molecule has 1 aliphatic carbocycles. The molecule has 3 aromatic rings. The number of nitrogens with one attached hydrogen (secondary N) is 1. The van der Waals surface area contributed by atoms with Crippen molar-refractivity contribution in [3.05, 3.63) is 95.3 Å². The third-order valence-corrected chi connectivity index (χ3v) is 6.20. The maximum atomic E-state index is 14.5. The molecule has 0 aromatic heterocycles. The van der Waals surface area contributed by atoms with Crippen LogP contribution in [0, 0.1) is 18.7 Å². The van der Waals surface area contributed by atoms with Crippen LogP contribution in [0.2, 0.25) is 0 Å². The Labute approximate surface area is 175 Å². The molecule has 2 aliphatic rings. The molecule has 1 fully saturated rings. The lowest BCUT2D eigenvalue weighted by Crippen LogP contribution is -2.38. The van der Waals surface area contributed by atoms with E-state index in [9.17, 15) is 9.18 Å². The van der Waals surface area contributed by atoms with Crippen LogP contribution in [0.3, 0.4) is 0 Å². The first kappa shape index (κ1) is 18.7. The van der Waals surface area contributed by atoms with Crippen LogP contribution in [0.4, 0.5) is 15.8 Å². The summed E-state index contributed by atoms with van der Waals surface area (Å²) in [6.07, 6.45) is 0.903. The number of nitrogens with zero attached hydrogens (tertiary/aromatic N) is 1. The topological polar surface area (TPSA) is 41.5 Å². The van der Waals surface area contributed by atoms with Crippen LogP contribution in [0.25, 0.3) is 0 Å². The molecular weight excluding hydrogens is 375 g/mol. The molecule has 1 aliphatic heterocycles.